The van der Waals surface area contributed by atoms with Gasteiger partial charge in [-0.2, -0.15) is 0 Å². The maximum absolute atomic E-state index is 11.3. The maximum Gasteiger partial charge on any atom is 0.326 e. The molecular weight excluding hydrogens is 230 g/mol. The number of benzene rings is 1. The second-order valence-corrected chi connectivity index (χ2v) is 4.42. The van der Waals surface area contributed by atoms with E-state index in [4.69, 9.17) is 0 Å². The molecule has 0 amide bonds. The van der Waals surface area contributed by atoms with Crippen molar-refractivity contribution in [3.8, 4) is 11.4 Å². The highest BCUT2D eigenvalue weighted by atomic mass is 16.4. The SMILES string of the molecule is O=C(O)C1CCCc2nnc(-c3ccccc3)n21. The van der Waals surface area contributed by atoms with Crippen LogP contribution in [0.5, 0.6) is 0 Å². The van der Waals surface area contributed by atoms with Crippen LogP contribution in [0.3, 0.4) is 0 Å². The van der Waals surface area contributed by atoms with Crippen molar-refractivity contribution in [3.05, 3.63) is 36.2 Å². The minimum absolute atomic E-state index is 0.543. The molecule has 0 saturated carbocycles. The zero-order chi connectivity index (χ0) is 12.5. The number of aryl methyl sites for hydroxylation is 1. The van der Waals surface area contributed by atoms with Gasteiger partial charge in [-0.05, 0) is 12.8 Å². The lowest BCUT2D eigenvalue weighted by Gasteiger charge is -2.22. The van der Waals surface area contributed by atoms with Crippen LogP contribution in [0.25, 0.3) is 11.4 Å². The normalized spacial score (nSPS) is 18.3. The Kier molecular flexibility index (Phi) is 2.59. The predicted octanol–water partition coefficient (Wildman–Crippen LogP) is 1.91. The molecule has 0 saturated heterocycles. The van der Waals surface area contributed by atoms with Crippen LogP contribution in [-0.2, 0) is 11.2 Å². The Morgan fingerprint density at radius 1 is 1.28 bits per heavy atom. The molecule has 0 fully saturated rings. The van der Waals surface area contributed by atoms with Gasteiger partial charge in [-0.15, -0.1) is 10.2 Å². The van der Waals surface area contributed by atoms with E-state index in [1.54, 1.807) is 4.57 Å². The Balaban J connectivity index is 2.13. The summed E-state index contributed by atoms with van der Waals surface area (Å²) in [5.74, 6) is 0.609. The van der Waals surface area contributed by atoms with Gasteiger partial charge in [0.2, 0.25) is 0 Å². The van der Waals surface area contributed by atoms with E-state index in [0.717, 1.165) is 24.2 Å². The summed E-state index contributed by atoms with van der Waals surface area (Å²) in [6.07, 6.45) is 2.29. The van der Waals surface area contributed by atoms with E-state index in [1.165, 1.54) is 0 Å². The van der Waals surface area contributed by atoms with Gasteiger partial charge in [-0.3, -0.25) is 4.57 Å². The number of aromatic nitrogens is 3. The van der Waals surface area contributed by atoms with Crippen LogP contribution in [0.4, 0.5) is 0 Å². The molecule has 2 heterocycles. The monoisotopic (exact) mass is 243 g/mol. The van der Waals surface area contributed by atoms with Crippen LogP contribution in [0.1, 0.15) is 24.7 Å². The first kappa shape index (κ1) is 11.0. The van der Waals surface area contributed by atoms with Crippen molar-refractivity contribution in [1.82, 2.24) is 14.8 Å². The van der Waals surface area contributed by atoms with Gasteiger partial charge >= 0.3 is 5.97 Å². The number of carbonyl (C=O) groups is 1. The third kappa shape index (κ3) is 1.68. The van der Waals surface area contributed by atoms with E-state index < -0.39 is 12.0 Å². The summed E-state index contributed by atoms with van der Waals surface area (Å²) < 4.78 is 1.77. The Labute approximate surface area is 104 Å². The Bertz CT molecular complexity index is 577. The van der Waals surface area contributed by atoms with Crippen LogP contribution in [-0.4, -0.2) is 25.8 Å². The molecule has 5 nitrogen and oxygen atoms in total. The number of carboxylic acid groups (broad SMARTS) is 1. The van der Waals surface area contributed by atoms with Crippen molar-refractivity contribution in [2.75, 3.05) is 0 Å². The van der Waals surface area contributed by atoms with E-state index in [-0.39, 0.29) is 0 Å². The zero-order valence-electron chi connectivity index (χ0n) is 9.78. The number of fused-ring (bicyclic) bond motifs is 1. The summed E-state index contributed by atoms with van der Waals surface area (Å²) in [5, 5.41) is 17.6. The predicted molar refractivity (Wildman–Crippen MR) is 65.1 cm³/mol. The van der Waals surface area contributed by atoms with Crippen LogP contribution in [0, 0.1) is 0 Å². The fraction of sp³-hybridized carbons (Fsp3) is 0.308. The average molecular weight is 243 g/mol. The van der Waals surface area contributed by atoms with E-state index in [1.807, 2.05) is 30.3 Å². The number of aliphatic carboxylic acids is 1. The highest BCUT2D eigenvalue weighted by Gasteiger charge is 2.29. The minimum Gasteiger partial charge on any atom is -0.480 e. The third-order valence-corrected chi connectivity index (χ3v) is 3.27. The topological polar surface area (TPSA) is 68.0 Å². The van der Waals surface area contributed by atoms with Crippen LogP contribution in [0.15, 0.2) is 30.3 Å². The van der Waals surface area contributed by atoms with E-state index in [2.05, 4.69) is 10.2 Å². The number of rotatable bonds is 2. The first-order valence-electron chi connectivity index (χ1n) is 5.99. The molecule has 1 aromatic heterocycles. The molecule has 1 aromatic carbocycles. The molecule has 3 rings (SSSR count). The van der Waals surface area contributed by atoms with Gasteiger partial charge in [0.05, 0.1) is 0 Å². The first-order chi connectivity index (χ1) is 8.77. The lowest BCUT2D eigenvalue weighted by Crippen LogP contribution is -2.25. The standard InChI is InChI=1S/C13H13N3O2/c17-13(18)10-7-4-8-11-14-15-12(16(10)11)9-5-2-1-3-6-9/h1-3,5-6,10H,4,7-8H2,(H,17,18). The van der Waals surface area contributed by atoms with Crippen LogP contribution < -0.4 is 0 Å². The highest BCUT2D eigenvalue weighted by Crippen LogP contribution is 2.29. The summed E-state index contributed by atoms with van der Waals surface area (Å²) in [6.45, 7) is 0. The Morgan fingerprint density at radius 2 is 2.06 bits per heavy atom. The van der Waals surface area contributed by atoms with E-state index in [9.17, 15) is 9.90 Å². The second kappa shape index (κ2) is 4.25. The van der Waals surface area contributed by atoms with Crippen molar-refractivity contribution in [2.45, 2.75) is 25.3 Å². The summed E-state index contributed by atoms with van der Waals surface area (Å²) in [4.78, 5) is 11.3. The largest absolute Gasteiger partial charge is 0.480 e. The number of nitrogens with zero attached hydrogens (tertiary/aromatic N) is 3. The fourth-order valence-corrected chi connectivity index (χ4v) is 2.42. The van der Waals surface area contributed by atoms with Gasteiger partial charge in [0.15, 0.2) is 5.82 Å². The number of hydrogen-bond acceptors (Lipinski definition) is 3. The van der Waals surface area contributed by atoms with Gasteiger partial charge in [-0.25, -0.2) is 4.79 Å². The van der Waals surface area contributed by atoms with Gasteiger partial charge in [0, 0.05) is 12.0 Å². The number of hydrogen-bond donors (Lipinski definition) is 1. The van der Waals surface area contributed by atoms with Crippen molar-refractivity contribution in [1.29, 1.82) is 0 Å². The summed E-state index contributed by atoms with van der Waals surface area (Å²) in [5.41, 5.74) is 0.907. The van der Waals surface area contributed by atoms with Crippen molar-refractivity contribution in [3.63, 3.8) is 0 Å². The van der Waals surface area contributed by atoms with E-state index in [0.29, 0.717) is 12.2 Å². The summed E-state index contributed by atoms with van der Waals surface area (Å²) in [7, 11) is 0. The molecule has 0 aliphatic carbocycles. The van der Waals surface area contributed by atoms with Gasteiger partial charge in [0.25, 0.3) is 0 Å². The van der Waals surface area contributed by atoms with Crippen molar-refractivity contribution in [2.24, 2.45) is 0 Å². The third-order valence-electron chi connectivity index (χ3n) is 3.27. The average Bonchev–Trinajstić information content (AvgIpc) is 2.83. The molecule has 1 N–H and O–H groups in total. The smallest absolute Gasteiger partial charge is 0.326 e. The molecule has 18 heavy (non-hydrogen) atoms. The lowest BCUT2D eigenvalue weighted by atomic mass is 10.0. The van der Waals surface area contributed by atoms with Crippen LogP contribution >= 0.6 is 0 Å². The van der Waals surface area contributed by atoms with Crippen molar-refractivity contribution >= 4 is 5.97 Å². The van der Waals surface area contributed by atoms with Crippen molar-refractivity contribution < 1.29 is 9.90 Å². The molecule has 92 valence electrons. The van der Waals surface area contributed by atoms with Gasteiger partial charge in [0.1, 0.15) is 11.9 Å². The van der Waals surface area contributed by atoms with Gasteiger partial charge in [-0.1, -0.05) is 30.3 Å². The highest BCUT2D eigenvalue weighted by molar-refractivity contribution is 5.73. The Morgan fingerprint density at radius 3 is 2.78 bits per heavy atom. The summed E-state index contributed by atoms with van der Waals surface area (Å²) >= 11 is 0. The molecule has 1 atom stereocenters. The molecule has 1 unspecified atom stereocenters. The van der Waals surface area contributed by atoms with Crippen LogP contribution in [0.2, 0.25) is 0 Å². The first-order valence-corrected chi connectivity index (χ1v) is 5.99. The van der Waals surface area contributed by atoms with E-state index >= 15 is 0 Å². The maximum atomic E-state index is 11.3. The molecule has 0 bridgehead atoms. The molecule has 2 aromatic rings. The minimum atomic E-state index is -0.812. The second-order valence-electron chi connectivity index (χ2n) is 4.42. The number of carboxylic acids is 1. The summed E-state index contributed by atoms with van der Waals surface area (Å²) in [6, 6.07) is 9.05. The molecule has 1 aliphatic rings. The fourth-order valence-electron chi connectivity index (χ4n) is 2.42. The molecule has 0 radical (unpaired) electrons. The Hall–Kier alpha value is -2.17. The molecule has 1 aliphatic heterocycles. The quantitative estimate of drug-likeness (QED) is 0.874. The van der Waals surface area contributed by atoms with Gasteiger partial charge < -0.3 is 5.11 Å². The molecule has 0 spiro atoms. The zero-order valence-corrected chi connectivity index (χ0v) is 9.78. The molecular formula is C13H13N3O2. The molecule has 5 heteroatoms. The lowest BCUT2D eigenvalue weighted by molar-refractivity contribution is -0.141.